The van der Waals surface area contributed by atoms with Crippen LogP contribution in [-0.2, 0) is 0 Å². The van der Waals surface area contributed by atoms with Gasteiger partial charge in [-0.3, -0.25) is 0 Å². The zero-order chi connectivity index (χ0) is 7.82. The van der Waals surface area contributed by atoms with Crippen molar-refractivity contribution in [3.63, 3.8) is 0 Å². The summed E-state index contributed by atoms with van der Waals surface area (Å²) in [4.78, 5) is 0. The van der Waals surface area contributed by atoms with Crippen LogP contribution in [0.25, 0.3) is 0 Å². The summed E-state index contributed by atoms with van der Waals surface area (Å²) in [5, 5.41) is 8.20. The van der Waals surface area contributed by atoms with Gasteiger partial charge in [0.15, 0.2) is 0 Å². The molecular weight excluding hydrogens is 122 g/mol. The predicted molar refractivity (Wildman–Crippen MR) is 43.4 cm³/mol. The summed E-state index contributed by atoms with van der Waals surface area (Å²) >= 11 is 0. The SMILES string of the molecule is CC(C)/C=C/CCCC#N. The van der Waals surface area contributed by atoms with Crippen molar-refractivity contribution in [1.82, 2.24) is 0 Å². The number of hydrogen-bond donors (Lipinski definition) is 0. The third-order valence-electron chi connectivity index (χ3n) is 1.18. The molecule has 56 valence electrons. The van der Waals surface area contributed by atoms with Gasteiger partial charge in [0.1, 0.15) is 0 Å². The topological polar surface area (TPSA) is 23.8 Å². The van der Waals surface area contributed by atoms with Crippen molar-refractivity contribution in [2.24, 2.45) is 5.92 Å². The molecule has 0 aromatic carbocycles. The molecule has 0 N–H and O–H groups in total. The first kappa shape index (κ1) is 9.23. The number of nitrogens with zero attached hydrogens (tertiary/aromatic N) is 1. The van der Waals surface area contributed by atoms with Gasteiger partial charge in [-0.1, -0.05) is 26.0 Å². The van der Waals surface area contributed by atoms with E-state index in [-0.39, 0.29) is 0 Å². The summed E-state index contributed by atoms with van der Waals surface area (Å²) in [6.07, 6.45) is 7.06. The standard InChI is InChI=1S/C9H15N/c1-9(2)7-5-3-4-6-8-10/h5,7,9H,3-4,6H2,1-2H3/b7-5+. The molecule has 0 fully saturated rings. The largest absolute Gasteiger partial charge is 0.198 e. The average molecular weight is 137 g/mol. The second-order valence-electron chi connectivity index (χ2n) is 2.72. The second-order valence-corrected chi connectivity index (χ2v) is 2.72. The molecule has 0 spiro atoms. The Hall–Kier alpha value is -0.770. The van der Waals surface area contributed by atoms with Crippen molar-refractivity contribution < 1.29 is 0 Å². The smallest absolute Gasteiger partial charge is 0.0621 e. The highest BCUT2D eigenvalue weighted by Gasteiger charge is 1.83. The molecule has 0 aliphatic rings. The molecule has 0 radical (unpaired) electrons. The van der Waals surface area contributed by atoms with Crippen LogP contribution >= 0.6 is 0 Å². The van der Waals surface area contributed by atoms with Crippen molar-refractivity contribution in [2.45, 2.75) is 33.1 Å². The molecule has 0 aliphatic carbocycles. The Bertz CT molecular complexity index is 128. The summed E-state index contributed by atoms with van der Waals surface area (Å²) < 4.78 is 0. The molecular formula is C9H15N. The average Bonchev–Trinajstić information content (AvgIpc) is 1.87. The molecule has 0 unspecified atom stereocenters. The zero-order valence-electron chi connectivity index (χ0n) is 6.80. The van der Waals surface area contributed by atoms with Crippen LogP contribution in [-0.4, -0.2) is 0 Å². The fraction of sp³-hybridized carbons (Fsp3) is 0.667. The predicted octanol–water partition coefficient (Wildman–Crippen LogP) is 2.89. The van der Waals surface area contributed by atoms with Gasteiger partial charge in [-0.05, 0) is 18.8 Å². The number of unbranched alkanes of at least 4 members (excludes halogenated alkanes) is 2. The van der Waals surface area contributed by atoms with E-state index in [2.05, 4.69) is 32.1 Å². The minimum Gasteiger partial charge on any atom is -0.198 e. The van der Waals surface area contributed by atoms with E-state index in [4.69, 9.17) is 5.26 Å². The molecule has 0 rings (SSSR count). The maximum absolute atomic E-state index is 8.20. The third kappa shape index (κ3) is 7.23. The van der Waals surface area contributed by atoms with E-state index in [1.54, 1.807) is 0 Å². The van der Waals surface area contributed by atoms with Gasteiger partial charge in [0.05, 0.1) is 6.07 Å². The summed E-state index contributed by atoms with van der Waals surface area (Å²) in [5.41, 5.74) is 0. The van der Waals surface area contributed by atoms with Crippen LogP contribution in [0.15, 0.2) is 12.2 Å². The van der Waals surface area contributed by atoms with Crippen molar-refractivity contribution in [3.8, 4) is 6.07 Å². The minimum atomic E-state index is 0.641. The minimum absolute atomic E-state index is 0.641. The normalized spacial score (nSPS) is 10.6. The highest BCUT2D eigenvalue weighted by molar-refractivity contribution is 4.85. The quantitative estimate of drug-likeness (QED) is 0.431. The Morgan fingerprint density at radius 1 is 1.50 bits per heavy atom. The summed E-state index contributed by atoms with van der Waals surface area (Å²) in [6.45, 7) is 4.31. The molecule has 0 saturated heterocycles. The Kier molecular flexibility index (Phi) is 5.86. The van der Waals surface area contributed by atoms with Gasteiger partial charge < -0.3 is 0 Å². The highest BCUT2D eigenvalue weighted by atomic mass is 14.2. The van der Waals surface area contributed by atoms with E-state index in [0.717, 1.165) is 12.8 Å². The maximum atomic E-state index is 8.20. The van der Waals surface area contributed by atoms with E-state index in [0.29, 0.717) is 12.3 Å². The van der Waals surface area contributed by atoms with Gasteiger partial charge in [-0.15, -0.1) is 0 Å². The molecule has 0 aromatic rings. The van der Waals surface area contributed by atoms with Crippen molar-refractivity contribution in [1.29, 1.82) is 5.26 Å². The van der Waals surface area contributed by atoms with Crippen LogP contribution in [0.4, 0.5) is 0 Å². The summed E-state index contributed by atoms with van der Waals surface area (Å²) in [6, 6.07) is 2.12. The lowest BCUT2D eigenvalue weighted by atomic mass is 10.1. The van der Waals surface area contributed by atoms with Crippen LogP contribution in [0.2, 0.25) is 0 Å². The van der Waals surface area contributed by atoms with E-state index in [9.17, 15) is 0 Å². The Balaban J connectivity index is 3.12. The maximum Gasteiger partial charge on any atom is 0.0621 e. The molecule has 1 nitrogen and oxygen atoms in total. The molecule has 0 saturated carbocycles. The Labute approximate surface area is 63.4 Å². The number of allylic oxidation sites excluding steroid dienone is 2. The molecule has 10 heavy (non-hydrogen) atoms. The fourth-order valence-corrected chi connectivity index (χ4v) is 0.667. The molecule has 1 heteroatoms. The fourth-order valence-electron chi connectivity index (χ4n) is 0.667. The monoisotopic (exact) mass is 137 g/mol. The van der Waals surface area contributed by atoms with E-state index >= 15 is 0 Å². The first-order valence-corrected chi connectivity index (χ1v) is 3.81. The number of hydrogen-bond acceptors (Lipinski definition) is 1. The van der Waals surface area contributed by atoms with Crippen LogP contribution in [0.5, 0.6) is 0 Å². The Morgan fingerprint density at radius 2 is 2.20 bits per heavy atom. The molecule has 0 aromatic heterocycles. The summed E-state index contributed by atoms with van der Waals surface area (Å²) in [5.74, 6) is 0.641. The van der Waals surface area contributed by atoms with E-state index < -0.39 is 0 Å². The van der Waals surface area contributed by atoms with Crippen LogP contribution in [0.3, 0.4) is 0 Å². The molecule has 0 aliphatic heterocycles. The van der Waals surface area contributed by atoms with Gasteiger partial charge >= 0.3 is 0 Å². The summed E-state index contributed by atoms with van der Waals surface area (Å²) in [7, 11) is 0. The first-order chi connectivity index (χ1) is 4.77. The van der Waals surface area contributed by atoms with E-state index in [1.165, 1.54) is 0 Å². The second kappa shape index (κ2) is 6.35. The molecule has 0 atom stereocenters. The van der Waals surface area contributed by atoms with Gasteiger partial charge in [-0.25, -0.2) is 0 Å². The molecule has 0 heterocycles. The van der Waals surface area contributed by atoms with Crippen molar-refractivity contribution in [2.75, 3.05) is 0 Å². The van der Waals surface area contributed by atoms with Crippen LogP contribution < -0.4 is 0 Å². The van der Waals surface area contributed by atoms with Gasteiger partial charge in [0, 0.05) is 6.42 Å². The van der Waals surface area contributed by atoms with Crippen LogP contribution in [0.1, 0.15) is 33.1 Å². The van der Waals surface area contributed by atoms with Gasteiger partial charge in [0.2, 0.25) is 0 Å². The van der Waals surface area contributed by atoms with Crippen LogP contribution in [0, 0.1) is 17.2 Å². The lowest BCUT2D eigenvalue weighted by molar-refractivity contribution is 0.810. The Morgan fingerprint density at radius 3 is 2.70 bits per heavy atom. The number of nitriles is 1. The van der Waals surface area contributed by atoms with Crippen molar-refractivity contribution in [3.05, 3.63) is 12.2 Å². The molecule has 0 bridgehead atoms. The highest BCUT2D eigenvalue weighted by Crippen LogP contribution is 1.99. The first-order valence-electron chi connectivity index (χ1n) is 3.81. The van der Waals surface area contributed by atoms with Crippen molar-refractivity contribution >= 4 is 0 Å². The molecule has 0 amide bonds. The van der Waals surface area contributed by atoms with Gasteiger partial charge in [-0.2, -0.15) is 5.26 Å². The third-order valence-corrected chi connectivity index (χ3v) is 1.18. The van der Waals surface area contributed by atoms with Gasteiger partial charge in [0.25, 0.3) is 0 Å². The lowest BCUT2D eigenvalue weighted by Gasteiger charge is -1.91. The lowest BCUT2D eigenvalue weighted by Crippen LogP contribution is -1.76. The number of rotatable bonds is 4. The van der Waals surface area contributed by atoms with E-state index in [1.807, 2.05) is 0 Å². The zero-order valence-corrected chi connectivity index (χ0v) is 6.80.